The molecule has 1 saturated carbocycles. The summed E-state index contributed by atoms with van der Waals surface area (Å²) in [7, 11) is 0. The van der Waals surface area contributed by atoms with Crippen LogP contribution in [0.4, 0.5) is 0 Å². The number of nitrogens with one attached hydrogen (secondary N) is 3. The maximum atomic E-state index is 12.4. The van der Waals surface area contributed by atoms with E-state index in [-0.39, 0.29) is 11.8 Å². The zero-order chi connectivity index (χ0) is 17.2. The van der Waals surface area contributed by atoms with E-state index in [1.54, 1.807) is 0 Å². The molecule has 0 radical (unpaired) electrons. The molecule has 128 valence electrons. The van der Waals surface area contributed by atoms with Crippen LogP contribution in [-0.2, 0) is 16.0 Å². The SMILES string of the molecule is CC(C)CNC(=O)C1(C(=O)NCCc2c[nH]c3ccccc23)CC1. The third-order valence-electron chi connectivity index (χ3n) is 4.64. The van der Waals surface area contributed by atoms with Crippen molar-refractivity contribution in [2.75, 3.05) is 13.1 Å². The van der Waals surface area contributed by atoms with Gasteiger partial charge in [-0.15, -0.1) is 0 Å². The number of rotatable bonds is 7. The summed E-state index contributed by atoms with van der Waals surface area (Å²) in [5.41, 5.74) is 1.46. The fraction of sp³-hybridized carbons (Fsp3) is 0.474. The lowest BCUT2D eigenvalue weighted by Crippen LogP contribution is -2.44. The number of aromatic amines is 1. The number of para-hydroxylation sites is 1. The van der Waals surface area contributed by atoms with Crippen LogP contribution in [0.25, 0.3) is 10.9 Å². The van der Waals surface area contributed by atoms with E-state index < -0.39 is 5.41 Å². The lowest BCUT2D eigenvalue weighted by atomic mass is 10.0. The van der Waals surface area contributed by atoms with E-state index in [2.05, 4.69) is 21.7 Å². The summed E-state index contributed by atoms with van der Waals surface area (Å²) in [5.74, 6) is 0.124. The molecule has 24 heavy (non-hydrogen) atoms. The predicted octanol–water partition coefficient (Wildman–Crippen LogP) is 2.38. The molecule has 0 saturated heterocycles. The predicted molar refractivity (Wildman–Crippen MR) is 94.5 cm³/mol. The Morgan fingerprint density at radius 2 is 1.88 bits per heavy atom. The van der Waals surface area contributed by atoms with Gasteiger partial charge >= 0.3 is 0 Å². The topological polar surface area (TPSA) is 74.0 Å². The van der Waals surface area contributed by atoms with Crippen LogP contribution < -0.4 is 10.6 Å². The van der Waals surface area contributed by atoms with Gasteiger partial charge < -0.3 is 15.6 Å². The van der Waals surface area contributed by atoms with Gasteiger partial charge in [0.2, 0.25) is 11.8 Å². The summed E-state index contributed by atoms with van der Waals surface area (Å²) in [6.07, 6.45) is 4.03. The summed E-state index contributed by atoms with van der Waals surface area (Å²) >= 11 is 0. The van der Waals surface area contributed by atoms with Crippen molar-refractivity contribution in [2.45, 2.75) is 33.1 Å². The van der Waals surface area contributed by atoms with Crippen LogP contribution in [0.2, 0.25) is 0 Å². The second-order valence-corrected chi connectivity index (χ2v) is 7.05. The third kappa shape index (κ3) is 3.30. The zero-order valence-electron chi connectivity index (χ0n) is 14.3. The molecule has 0 aliphatic heterocycles. The van der Waals surface area contributed by atoms with Crippen LogP contribution in [0, 0.1) is 11.3 Å². The van der Waals surface area contributed by atoms with E-state index in [4.69, 9.17) is 0 Å². The van der Waals surface area contributed by atoms with Gasteiger partial charge in [0.05, 0.1) is 0 Å². The molecule has 3 rings (SSSR count). The lowest BCUT2D eigenvalue weighted by molar-refractivity contribution is -0.137. The number of carbonyl (C=O) groups excluding carboxylic acids is 2. The van der Waals surface area contributed by atoms with Crippen LogP contribution in [0.5, 0.6) is 0 Å². The van der Waals surface area contributed by atoms with Crippen LogP contribution in [-0.4, -0.2) is 29.9 Å². The summed E-state index contributed by atoms with van der Waals surface area (Å²) in [6, 6.07) is 8.12. The zero-order valence-corrected chi connectivity index (χ0v) is 14.3. The smallest absolute Gasteiger partial charge is 0.235 e. The maximum Gasteiger partial charge on any atom is 0.235 e. The lowest BCUT2D eigenvalue weighted by Gasteiger charge is -2.16. The fourth-order valence-corrected chi connectivity index (χ4v) is 2.97. The van der Waals surface area contributed by atoms with Gasteiger partial charge in [0.15, 0.2) is 0 Å². The minimum atomic E-state index is -0.824. The monoisotopic (exact) mass is 327 g/mol. The average Bonchev–Trinajstić information content (AvgIpc) is 3.29. The Kier molecular flexibility index (Phi) is 4.60. The summed E-state index contributed by atoms with van der Waals surface area (Å²) < 4.78 is 0. The molecule has 3 N–H and O–H groups in total. The number of amides is 2. The van der Waals surface area contributed by atoms with Crippen molar-refractivity contribution in [3.8, 4) is 0 Å². The van der Waals surface area contributed by atoms with Gasteiger partial charge in [-0.1, -0.05) is 32.0 Å². The first-order chi connectivity index (χ1) is 11.5. The molecule has 0 unspecified atom stereocenters. The Hall–Kier alpha value is -2.30. The van der Waals surface area contributed by atoms with Crippen molar-refractivity contribution in [1.29, 1.82) is 0 Å². The van der Waals surface area contributed by atoms with Crippen molar-refractivity contribution in [3.05, 3.63) is 36.0 Å². The highest BCUT2D eigenvalue weighted by Gasteiger charge is 2.56. The maximum absolute atomic E-state index is 12.4. The Morgan fingerprint density at radius 1 is 1.17 bits per heavy atom. The van der Waals surface area contributed by atoms with E-state index in [9.17, 15) is 9.59 Å². The molecule has 2 aromatic rings. The molecule has 1 aromatic heterocycles. The van der Waals surface area contributed by atoms with Gasteiger partial charge in [0.25, 0.3) is 0 Å². The number of benzene rings is 1. The highest BCUT2D eigenvalue weighted by molar-refractivity contribution is 6.07. The molecular weight excluding hydrogens is 302 g/mol. The Morgan fingerprint density at radius 3 is 2.58 bits per heavy atom. The number of hydrogen-bond acceptors (Lipinski definition) is 2. The van der Waals surface area contributed by atoms with E-state index in [0.717, 1.165) is 11.9 Å². The Labute approximate surface area is 142 Å². The molecule has 0 bridgehead atoms. The van der Waals surface area contributed by atoms with E-state index in [0.29, 0.717) is 31.8 Å². The molecule has 1 aromatic carbocycles. The molecule has 1 fully saturated rings. The van der Waals surface area contributed by atoms with Crippen molar-refractivity contribution < 1.29 is 9.59 Å². The van der Waals surface area contributed by atoms with Crippen LogP contribution in [0.1, 0.15) is 32.3 Å². The minimum absolute atomic E-state index is 0.124. The average molecular weight is 327 g/mol. The second kappa shape index (κ2) is 6.67. The van der Waals surface area contributed by atoms with Crippen molar-refractivity contribution in [3.63, 3.8) is 0 Å². The van der Waals surface area contributed by atoms with Crippen LogP contribution in [0.15, 0.2) is 30.5 Å². The van der Waals surface area contributed by atoms with E-state index >= 15 is 0 Å². The molecule has 2 amide bonds. The van der Waals surface area contributed by atoms with Crippen molar-refractivity contribution in [1.82, 2.24) is 15.6 Å². The highest BCUT2D eigenvalue weighted by Crippen LogP contribution is 2.46. The molecule has 0 atom stereocenters. The van der Waals surface area contributed by atoms with Gasteiger partial charge in [-0.2, -0.15) is 0 Å². The largest absolute Gasteiger partial charge is 0.361 e. The van der Waals surface area contributed by atoms with E-state index in [1.807, 2.05) is 38.2 Å². The van der Waals surface area contributed by atoms with Gasteiger partial charge in [-0.25, -0.2) is 0 Å². The standard InChI is InChI=1S/C19H25N3O2/c1-13(2)11-22-18(24)19(8-9-19)17(23)20-10-7-14-12-21-16-6-4-3-5-15(14)16/h3-6,12-13,21H,7-11H2,1-2H3,(H,20,23)(H,22,24). The van der Waals surface area contributed by atoms with Crippen LogP contribution in [0.3, 0.4) is 0 Å². The normalized spacial score (nSPS) is 15.5. The molecular formula is C19H25N3O2. The second-order valence-electron chi connectivity index (χ2n) is 7.05. The molecule has 5 heteroatoms. The molecule has 0 spiro atoms. The number of carbonyl (C=O) groups is 2. The van der Waals surface area contributed by atoms with Gasteiger partial charge in [0.1, 0.15) is 5.41 Å². The first-order valence-electron chi connectivity index (χ1n) is 8.64. The Balaban J connectivity index is 1.53. The van der Waals surface area contributed by atoms with Crippen molar-refractivity contribution >= 4 is 22.7 Å². The molecule has 1 heterocycles. The van der Waals surface area contributed by atoms with Crippen molar-refractivity contribution in [2.24, 2.45) is 11.3 Å². The first kappa shape index (κ1) is 16.6. The third-order valence-corrected chi connectivity index (χ3v) is 4.64. The number of aromatic nitrogens is 1. The summed E-state index contributed by atoms with van der Waals surface area (Å²) in [4.78, 5) is 27.9. The van der Waals surface area contributed by atoms with Crippen LogP contribution >= 0.6 is 0 Å². The Bertz CT molecular complexity index is 744. The number of hydrogen-bond donors (Lipinski definition) is 3. The van der Waals surface area contributed by atoms with Gasteiger partial charge in [-0.05, 0) is 36.8 Å². The highest BCUT2D eigenvalue weighted by atomic mass is 16.2. The number of H-pyrrole nitrogens is 1. The quantitative estimate of drug-likeness (QED) is 0.683. The summed E-state index contributed by atoms with van der Waals surface area (Å²) in [5, 5.41) is 7.02. The minimum Gasteiger partial charge on any atom is -0.361 e. The van der Waals surface area contributed by atoms with Gasteiger partial charge in [0, 0.05) is 30.2 Å². The molecule has 1 aliphatic carbocycles. The van der Waals surface area contributed by atoms with Gasteiger partial charge in [-0.3, -0.25) is 9.59 Å². The fourth-order valence-electron chi connectivity index (χ4n) is 2.97. The molecule has 5 nitrogen and oxygen atoms in total. The first-order valence-corrected chi connectivity index (χ1v) is 8.64. The van der Waals surface area contributed by atoms with E-state index in [1.165, 1.54) is 10.9 Å². The summed E-state index contributed by atoms with van der Waals surface area (Å²) in [6.45, 7) is 5.24. The number of fused-ring (bicyclic) bond motifs is 1. The molecule has 1 aliphatic rings.